The zero-order chi connectivity index (χ0) is 19.6. The lowest BCUT2D eigenvalue weighted by Crippen LogP contribution is -2.04. The number of alkyl halides is 3. The number of rotatable bonds is 5. The number of benzene rings is 1. The summed E-state index contributed by atoms with van der Waals surface area (Å²) < 4.78 is 47.8. The summed E-state index contributed by atoms with van der Waals surface area (Å²) in [5, 5.41) is 6.96. The quantitative estimate of drug-likeness (QED) is 0.571. The van der Waals surface area contributed by atoms with Crippen LogP contribution in [0, 0.1) is 6.42 Å². The van der Waals surface area contributed by atoms with Crippen molar-refractivity contribution in [1.29, 1.82) is 0 Å². The molecule has 2 aromatic heterocycles. The molecule has 1 fully saturated rings. The van der Waals surface area contributed by atoms with Gasteiger partial charge in [-0.15, -0.1) is 5.10 Å². The number of ether oxygens (including phenoxy) is 1. The number of H-pyrrole nitrogens is 1. The van der Waals surface area contributed by atoms with Crippen LogP contribution in [0.25, 0.3) is 11.3 Å². The molecule has 0 amide bonds. The van der Waals surface area contributed by atoms with Gasteiger partial charge in [0.1, 0.15) is 12.4 Å². The molecule has 0 aliphatic heterocycles. The van der Waals surface area contributed by atoms with E-state index in [1.54, 1.807) is 6.07 Å². The average Bonchev–Trinajstić information content (AvgIpc) is 3.37. The number of nitrogens with zero attached hydrogens (tertiary/aromatic N) is 1. The normalized spacial score (nSPS) is 15.7. The minimum Gasteiger partial charge on any atom is -0.468 e. The minimum atomic E-state index is -4.50. The van der Waals surface area contributed by atoms with Crippen molar-refractivity contribution in [2.45, 2.75) is 44.4 Å². The maximum atomic E-state index is 12.5. The van der Waals surface area contributed by atoms with Gasteiger partial charge in [-0.05, 0) is 61.3 Å². The zero-order valence-electron chi connectivity index (χ0n) is 15.1. The summed E-state index contributed by atoms with van der Waals surface area (Å²) in [5.41, 5.74) is 3.12. The molecular weight excluding hydrogens is 369 g/mol. The summed E-state index contributed by atoms with van der Waals surface area (Å²) in [6.07, 6.45) is 2.60. The molecule has 0 atom stereocenters. The fraction of sp³-hybridized carbons (Fsp3) is 0.333. The van der Waals surface area contributed by atoms with E-state index in [9.17, 15) is 13.2 Å². The van der Waals surface area contributed by atoms with Crippen LogP contribution in [0.5, 0.6) is 5.88 Å². The van der Waals surface area contributed by atoms with Crippen molar-refractivity contribution in [3.63, 3.8) is 0 Å². The van der Waals surface area contributed by atoms with Crippen LogP contribution in [0.2, 0.25) is 0 Å². The number of aromatic nitrogens is 2. The summed E-state index contributed by atoms with van der Waals surface area (Å²) >= 11 is 0. The van der Waals surface area contributed by atoms with Gasteiger partial charge in [-0.25, -0.2) is 0 Å². The molecule has 1 saturated carbocycles. The highest BCUT2D eigenvalue weighted by atomic mass is 19.4. The molecule has 1 aromatic carbocycles. The van der Waals surface area contributed by atoms with E-state index < -0.39 is 11.9 Å². The van der Waals surface area contributed by atoms with E-state index >= 15 is 0 Å². The van der Waals surface area contributed by atoms with E-state index in [1.807, 2.05) is 12.1 Å². The Balaban J connectivity index is 1.38. The summed E-state index contributed by atoms with van der Waals surface area (Å²) in [5.74, 6) is -0.0304. The Morgan fingerprint density at radius 3 is 2.50 bits per heavy atom. The molecule has 1 radical (unpaired) electrons. The predicted octanol–water partition coefficient (Wildman–Crippen LogP) is 6.13. The first-order valence-electron chi connectivity index (χ1n) is 9.25. The summed E-state index contributed by atoms with van der Waals surface area (Å²) in [7, 11) is 0. The van der Waals surface area contributed by atoms with Crippen LogP contribution in [-0.4, -0.2) is 10.2 Å². The van der Waals surface area contributed by atoms with E-state index in [-0.39, 0.29) is 12.4 Å². The lowest BCUT2D eigenvalue weighted by molar-refractivity contribution is -0.153. The maximum absolute atomic E-state index is 12.5. The summed E-state index contributed by atoms with van der Waals surface area (Å²) in [4.78, 5) is 0. The number of nitrogens with one attached hydrogen (secondary N) is 1. The molecule has 4 rings (SSSR count). The van der Waals surface area contributed by atoms with Crippen molar-refractivity contribution < 1.29 is 22.3 Å². The van der Waals surface area contributed by atoms with Crippen LogP contribution in [0.15, 0.2) is 46.9 Å². The maximum Gasteiger partial charge on any atom is 0.449 e. The molecule has 1 N–H and O–H groups in total. The SMILES string of the molecule is FC(F)(F)c1ccc(COc2cc(-c3ccc(C4CC[CH]CC4)cc3)[nH]n2)o1. The number of aromatic amines is 1. The van der Waals surface area contributed by atoms with Crippen LogP contribution < -0.4 is 4.74 Å². The van der Waals surface area contributed by atoms with Crippen LogP contribution in [0.4, 0.5) is 13.2 Å². The molecule has 4 nitrogen and oxygen atoms in total. The van der Waals surface area contributed by atoms with Crippen molar-refractivity contribution in [2.24, 2.45) is 0 Å². The first-order chi connectivity index (χ1) is 13.5. The fourth-order valence-corrected chi connectivity index (χ4v) is 3.47. The highest BCUT2D eigenvalue weighted by molar-refractivity contribution is 5.60. The third-order valence-electron chi connectivity index (χ3n) is 4.99. The molecule has 2 heterocycles. The van der Waals surface area contributed by atoms with Gasteiger partial charge in [-0.3, -0.25) is 5.10 Å². The van der Waals surface area contributed by atoms with Crippen molar-refractivity contribution in [1.82, 2.24) is 10.2 Å². The highest BCUT2D eigenvalue weighted by Gasteiger charge is 2.34. The standard InChI is InChI=1S/C21H20F3N2O2/c22-21(23,24)19-11-10-17(28-19)13-27-20-12-18(25-26-20)16-8-6-15(7-9-16)14-4-2-1-3-5-14/h1,6-12,14H,2-5,13H2,(H,25,26). The van der Waals surface area contributed by atoms with Gasteiger partial charge in [0.15, 0.2) is 0 Å². The molecule has 0 bridgehead atoms. The fourth-order valence-electron chi connectivity index (χ4n) is 3.47. The molecule has 0 unspecified atom stereocenters. The lowest BCUT2D eigenvalue weighted by Gasteiger charge is -2.21. The van der Waals surface area contributed by atoms with Crippen molar-refractivity contribution in [3.8, 4) is 17.1 Å². The molecule has 147 valence electrons. The second-order valence-electron chi connectivity index (χ2n) is 6.93. The predicted molar refractivity (Wildman–Crippen MR) is 97.6 cm³/mol. The van der Waals surface area contributed by atoms with Gasteiger partial charge in [-0.2, -0.15) is 13.2 Å². The molecule has 0 spiro atoms. The third-order valence-corrected chi connectivity index (χ3v) is 4.99. The van der Waals surface area contributed by atoms with Gasteiger partial charge in [0.2, 0.25) is 11.6 Å². The Hall–Kier alpha value is -2.70. The van der Waals surface area contributed by atoms with Crippen LogP contribution in [0.1, 0.15) is 48.7 Å². The van der Waals surface area contributed by atoms with Crippen molar-refractivity contribution in [3.05, 3.63) is 66.0 Å². The first kappa shape index (κ1) is 18.7. The van der Waals surface area contributed by atoms with E-state index in [0.29, 0.717) is 11.8 Å². The Labute approximate surface area is 160 Å². The number of hydrogen-bond acceptors (Lipinski definition) is 3. The van der Waals surface area contributed by atoms with E-state index in [0.717, 1.165) is 17.3 Å². The molecule has 1 aliphatic rings. The van der Waals surface area contributed by atoms with E-state index in [2.05, 4.69) is 28.8 Å². The average molecular weight is 389 g/mol. The lowest BCUT2D eigenvalue weighted by atomic mass is 9.84. The van der Waals surface area contributed by atoms with Crippen molar-refractivity contribution in [2.75, 3.05) is 0 Å². The van der Waals surface area contributed by atoms with Gasteiger partial charge < -0.3 is 9.15 Å². The smallest absolute Gasteiger partial charge is 0.449 e. The Kier molecular flexibility index (Phi) is 5.15. The monoisotopic (exact) mass is 389 g/mol. The number of hydrogen-bond donors (Lipinski definition) is 1. The van der Waals surface area contributed by atoms with Crippen LogP contribution in [-0.2, 0) is 12.8 Å². The molecule has 1 aliphatic carbocycles. The second-order valence-corrected chi connectivity index (χ2v) is 6.93. The Morgan fingerprint density at radius 2 is 1.82 bits per heavy atom. The van der Waals surface area contributed by atoms with Gasteiger partial charge in [0.05, 0.1) is 5.69 Å². The Morgan fingerprint density at radius 1 is 1.07 bits per heavy atom. The molecule has 7 heteroatoms. The summed E-state index contributed by atoms with van der Waals surface area (Å²) in [6.45, 7) is -0.127. The molecule has 28 heavy (non-hydrogen) atoms. The largest absolute Gasteiger partial charge is 0.468 e. The Bertz CT molecular complexity index is 906. The molecule has 0 saturated heterocycles. The van der Waals surface area contributed by atoms with Crippen molar-refractivity contribution >= 4 is 0 Å². The first-order valence-corrected chi connectivity index (χ1v) is 9.25. The zero-order valence-corrected chi connectivity index (χ0v) is 15.1. The van der Waals surface area contributed by atoms with Gasteiger partial charge in [0.25, 0.3) is 0 Å². The third kappa shape index (κ3) is 4.24. The van der Waals surface area contributed by atoms with Gasteiger partial charge in [-0.1, -0.05) is 24.3 Å². The molecular formula is C21H20F3N2O2. The number of furan rings is 1. The van der Waals surface area contributed by atoms with E-state index in [4.69, 9.17) is 9.15 Å². The van der Waals surface area contributed by atoms with Gasteiger partial charge in [0, 0.05) is 6.07 Å². The number of halogens is 3. The van der Waals surface area contributed by atoms with Crippen LogP contribution in [0.3, 0.4) is 0 Å². The van der Waals surface area contributed by atoms with Gasteiger partial charge >= 0.3 is 6.18 Å². The second kappa shape index (κ2) is 7.73. The topological polar surface area (TPSA) is 51.0 Å². The van der Waals surface area contributed by atoms with E-state index in [1.165, 1.54) is 37.3 Å². The highest BCUT2D eigenvalue weighted by Crippen LogP contribution is 2.33. The minimum absolute atomic E-state index is 0.0888. The summed E-state index contributed by atoms with van der Waals surface area (Å²) in [6, 6.07) is 12.2. The van der Waals surface area contributed by atoms with Crippen LogP contribution >= 0.6 is 0 Å². The molecule has 3 aromatic rings.